The van der Waals surface area contributed by atoms with Gasteiger partial charge < -0.3 is 14.2 Å². The Morgan fingerprint density at radius 1 is 0.800 bits per heavy atom. The van der Waals surface area contributed by atoms with Crippen LogP contribution in [0.25, 0.3) is 11.1 Å². The third-order valence-corrected chi connectivity index (χ3v) is 5.81. The molecule has 4 rings (SSSR count). The molecule has 0 saturated carbocycles. The van der Waals surface area contributed by atoms with Crippen LogP contribution >= 0.6 is 0 Å². The van der Waals surface area contributed by atoms with Crippen LogP contribution < -0.4 is 4.74 Å². The second kappa shape index (κ2) is 11.2. The van der Waals surface area contributed by atoms with Crippen LogP contribution in [-0.4, -0.2) is 19.8 Å². The zero-order valence-corrected chi connectivity index (χ0v) is 19.1. The lowest BCUT2D eigenvalue weighted by Crippen LogP contribution is -2.31. The lowest BCUT2D eigenvalue weighted by atomic mass is 10.0. The highest BCUT2D eigenvalue weighted by atomic mass is 19.2. The van der Waals surface area contributed by atoms with E-state index >= 15 is 0 Å². The molecule has 1 aliphatic rings. The number of halogens is 5. The first-order valence-electron chi connectivity index (χ1n) is 11.4. The predicted molar refractivity (Wildman–Crippen MR) is 120 cm³/mol. The lowest BCUT2D eigenvalue weighted by molar-refractivity contribution is -0.208. The molecule has 186 valence electrons. The number of hydrogen-bond acceptors (Lipinski definition) is 3. The highest BCUT2D eigenvalue weighted by Gasteiger charge is 2.25. The van der Waals surface area contributed by atoms with Gasteiger partial charge in [-0.1, -0.05) is 37.6 Å². The quantitative estimate of drug-likeness (QED) is 0.247. The molecule has 0 spiro atoms. The van der Waals surface area contributed by atoms with Crippen LogP contribution in [0, 0.1) is 35.0 Å². The molecule has 35 heavy (non-hydrogen) atoms. The van der Waals surface area contributed by atoms with Crippen LogP contribution in [0.1, 0.15) is 37.2 Å². The molecule has 3 aromatic carbocycles. The Bertz CT molecular complexity index is 1110. The Balaban J connectivity index is 1.31. The van der Waals surface area contributed by atoms with E-state index in [1.165, 1.54) is 12.1 Å². The Labute approximate surface area is 200 Å². The zero-order chi connectivity index (χ0) is 24.9. The van der Waals surface area contributed by atoms with Crippen molar-refractivity contribution in [2.45, 2.75) is 32.5 Å². The summed E-state index contributed by atoms with van der Waals surface area (Å²) in [5.74, 6) is -6.12. The van der Waals surface area contributed by atoms with Gasteiger partial charge in [-0.3, -0.25) is 0 Å². The summed E-state index contributed by atoms with van der Waals surface area (Å²) < 4.78 is 85.7. The van der Waals surface area contributed by atoms with E-state index in [2.05, 4.69) is 0 Å². The molecule has 0 radical (unpaired) electrons. The molecule has 0 N–H and O–H groups in total. The van der Waals surface area contributed by atoms with Gasteiger partial charge in [0.2, 0.25) is 0 Å². The van der Waals surface area contributed by atoms with E-state index in [1.807, 2.05) is 6.92 Å². The zero-order valence-electron chi connectivity index (χ0n) is 19.1. The van der Waals surface area contributed by atoms with Crippen LogP contribution in [0.3, 0.4) is 0 Å². The molecular weight excluding hydrogens is 467 g/mol. The molecule has 0 bridgehead atoms. The van der Waals surface area contributed by atoms with Gasteiger partial charge in [-0.05, 0) is 53.8 Å². The predicted octanol–water partition coefficient (Wildman–Crippen LogP) is 7.13. The van der Waals surface area contributed by atoms with Gasteiger partial charge in [0.15, 0.2) is 41.1 Å². The average Bonchev–Trinajstić information content (AvgIpc) is 2.85. The normalized spacial score (nSPS) is 18.0. The number of benzene rings is 3. The number of unbranched alkanes of at least 4 members (excludes halogenated alkanes) is 1. The summed E-state index contributed by atoms with van der Waals surface area (Å²) in [6.45, 7) is 2.53. The Kier molecular flexibility index (Phi) is 8.03. The van der Waals surface area contributed by atoms with Gasteiger partial charge in [-0.15, -0.1) is 0 Å². The van der Waals surface area contributed by atoms with Gasteiger partial charge in [0.1, 0.15) is 0 Å². The molecule has 0 aromatic heterocycles. The summed E-state index contributed by atoms with van der Waals surface area (Å²) in [4.78, 5) is 0. The van der Waals surface area contributed by atoms with Crippen molar-refractivity contribution < 1.29 is 36.2 Å². The smallest absolute Gasteiger partial charge is 0.194 e. The van der Waals surface area contributed by atoms with Crippen LogP contribution in [0.5, 0.6) is 5.75 Å². The first-order valence-corrected chi connectivity index (χ1v) is 11.4. The summed E-state index contributed by atoms with van der Waals surface area (Å²) >= 11 is 0. The van der Waals surface area contributed by atoms with Crippen LogP contribution in [0.15, 0.2) is 48.5 Å². The molecule has 0 atom stereocenters. The number of rotatable bonds is 8. The monoisotopic (exact) mass is 492 g/mol. The summed E-state index contributed by atoms with van der Waals surface area (Å²) in [5, 5.41) is 0. The number of aryl methyl sites for hydroxylation is 1. The summed E-state index contributed by atoms with van der Waals surface area (Å²) in [7, 11) is 0. The highest BCUT2D eigenvalue weighted by molar-refractivity contribution is 5.64. The van der Waals surface area contributed by atoms with Gasteiger partial charge in [-0.2, -0.15) is 0 Å². The standard InChI is InChI=1S/C27H25F5O3/c1-2-3-4-16-9-23(30)26(24(31)10-16)33-13-17-14-34-27(35-15-17)19-7-5-18(6-8-19)20-11-21(28)25(32)22(29)12-20/h5-12,17,27H,2-4,13-15H2,1H3. The molecule has 8 heteroatoms. The van der Waals surface area contributed by atoms with Crippen molar-refractivity contribution >= 4 is 0 Å². The van der Waals surface area contributed by atoms with E-state index in [4.69, 9.17) is 14.2 Å². The molecule has 3 aromatic rings. The second-order valence-corrected chi connectivity index (χ2v) is 8.54. The largest absolute Gasteiger partial charge is 0.487 e. The van der Waals surface area contributed by atoms with Crippen molar-refractivity contribution in [2.75, 3.05) is 19.8 Å². The third kappa shape index (κ3) is 6.00. The molecule has 0 unspecified atom stereocenters. The van der Waals surface area contributed by atoms with Gasteiger partial charge in [-0.25, -0.2) is 22.0 Å². The van der Waals surface area contributed by atoms with Gasteiger partial charge in [0.25, 0.3) is 0 Å². The van der Waals surface area contributed by atoms with Crippen molar-refractivity contribution in [3.05, 3.63) is 88.7 Å². The third-order valence-electron chi connectivity index (χ3n) is 5.81. The van der Waals surface area contributed by atoms with E-state index in [0.29, 0.717) is 23.1 Å². The minimum Gasteiger partial charge on any atom is -0.487 e. The molecule has 0 aliphatic carbocycles. The first-order chi connectivity index (χ1) is 16.9. The van der Waals surface area contributed by atoms with Crippen LogP contribution in [-0.2, 0) is 15.9 Å². The second-order valence-electron chi connectivity index (χ2n) is 8.54. The fraction of sp³-hybridized carbons (Fsp3) is 0.333. The van der Waals surface area contributed by atoms with Crippen molar-refractivity contribution in [3.63, 3.8) is 0 Å². The van der Waals surface area contributed by atoms with Crippen molar-refractivity contribution in [1.29, 1.82) is 0 Å². The maximum atomic E-state index is 14.3. The Hall–Kier alpha value is -2.97. The van der Waals surface area contributed by atoms with E-state index in [-0.39, 0.29) is 31.3 Å². The number of hydrogen-bond donors (Lipinski definition) is 0. The van der Waals surface area contributed by atoms with Crippen LogP contribution in [0.2, 0.25) is 0 Å². The lowest BCUT2D eigenvalue weighted by Gasteiger charge is -2.29. The molecule has 3 nitrogen and oxygen atoms in total. The maximum absolute atomic E-state index is 14.3. The van der Waals surface area contributed by atoms with Gasteiger partial charge >= 0.3 is 0 Å². The van der Waals surface area contributed by atoms with Crippen molar-refractivity contribution in [3.8, 4) is 16.9 Å². The molecule has 1 aliphatic heterocycles. The first kappa shape index (κ1) is 25.1. The summed E-state index contributed by atoms with van der Waals surface area (Å²) in [6.07, 6.45) is 1.72. The van der Waals surface area contributed by atoms with Crippen molar-refractivity contribution in [1.82, 2.24) is 0 Å². The van der Waals surface area contributed by atoms with E-state index in [9.17, 15) is 22.0 Å². The minimum atomic E-state index is -1.51. The molecule has 1 heterocycles. The average molecular weight is 492 g/mol. The summed E-state index contributed by atoms with van der Waals surface area (Å²) in [5.41, 5.74) is 1.98. The summed E-state index contributed by atoms with van der Waals surface area (Å²) in [6, 6.07) is 11.1. The van der Waals surface area contributed by atoms with E-state index < -0.39 is 41.1 Å². The number of ether oxygens (including phenoxy) is 3. The molecular formula is C27H25F5O3. The molecule has 0 amide bonds. The minimum absolute atomic E-state index is 0.0233. The molecule has 1 fully saturated rings. The Morgan fingerprint density at radius 2 is 1.40 bits per heavy atom. The highest BCUT2D eigenvalue weighted by Crippen LogP contribution is 2.30. The fourth-order valence-electron chi connectivity index (χ4n) is 3.86. The van der Waals surface area contributed by atoms with E-state index in [0.717, 1.165) is 25.0 Å². The topological polar surface area (TPSA) is 27.7 Å². The molecule has 1 saturated heterocycles. The van der Waals surface area contributed by atoms with Crippen molar-refractivity contribution in [2.24, 2.45) is 5.92 Å². The SMILES string of the molecule is CCCCc1cc(F)c(OCC2COC(c3ccc(-c4cc(F)c(F)c(F)c4)cc3)OC2)c(F)c1. The van der Waals surface area contributed by atoms with Gasteiger partial charge in [0, 0.05) is 11.5 Å². The Morgan fingerprint density at radius 3 is 1.97 bits per heavy atom. The fourth-order valence-corrected chi connectivity index (χ4v) is 3.86. The van der Waals surface area contributed by atoms with E-state index in [1.54, 1.807) is 24.3 Å². The maximum Gasteiger partial charge on any atom is 0.194 e. The van der Waals surface area contributed by atoms with Crippen LogP contribution in [0.4, 0.5) is 22.0 Å². The van der Waals surface area contributed by atoms with Gasteiger partial charge in [0.05, 0.1) is 19.8 Å².